The monoisotopic (exact) mass is 233 g/mol. The zero-order valence-electron chi connectivity index (χ0n) is 10.3. The van der Waals surface area contributed by atoms with Crippen LogP contribution in [0.1, 0.15) is 24.8 Å². The molecule has 2 aliphatic rings. The average molecular weight is 233 g/mol. The van der Waals surface area contributed by atoms with E-state index in [9.17, 15) is 4.39 Å². The third-order valence-electron chi connectivity index (χ3n) is 4.59. The summed E-state index contributed by atoms with van der Waals surface area (Å²) >= 11 is 0. The van der Waals surface area contributed by atoms with E-state index in [1.807, 2.05) is 12.1 Å². The van der Waals surface area contributed by atoms with E-state index in [1.54, 1.807) is 12.1 Å². The van der Waals surface area contributed by atoms with Crippen LogP contribution < -0.4 is 5.32 Å². The molecule has 3 atom stereocenters. The van der Waals surface area contributed by atoms with Crippen LogP contribution in [0.15, 0.2) is 24.3 Å². The van der Waals surface area contributed by atoms with Crippen molar-refractivity contribution in [2.45, 2.75) is 31.7 Å². The molecule has 2 fully saturated rings. The Hall–Kier alpha value is -0.890. The van der Waals surface area contributed by atoms with Crippen LogP contribution >= 0.6 is 0 Å². The molecule has 0 amide bonds. The number of likely N-dealkylation sites (N-methyl/N-ethyl adjacent to an activating group) is 1. The van der Waals surface area contributed by atoms with E-state index < -0.39 is 0 Å². The summed E-state index contributed by atoms with van der Waals surface area (Å²) in [5.74, 6) is 2.75. The number of rotatable bonds is 4. The van der Waals surface area contributed by atoms with Gasteiger partial charge in [0.2, 0.25) is 0 Å². The first-order valence-electron chi connectivity index (χ1n) is 6.68. The first kappa shape index (κ1) is 11.2. The maximum Gasteiger partial charge on any atom is 0.123 e. The number of hydrogen-bond acceptors (Lipinski definition) is 1. The Balaban J connectivity index is 1.63. The molecule has 1 aromatic rings. The van der Waals surface area contributed by atoms with E-state index in [4.69, 9.17) is 0 Å². The Morgan fingerprint density at radius 3 is 2.41 bits per heavy atom. The fraction of sp³-hybridized carbons (Fsp3) is 0.600. The Kier molecular flexibility index (Phi) is 2.91. The summed E-state index contributed by atoms with van der Waals surface area (Å²) in [7, 11) is 2.05. The minimum atomic E-state index is -0.142. The predicted octanol–water partition coefficient (Wildman–Crippen LogP) is 3.00. The highest BCUT2D eigenvalue weighted by Crippen LogP contribution is 2.55. The van der Waals surface area contributed by atoms with Gasteiger partial charge in [-0.05, 0) is 68.2 Å². The average Bonchev–Trinajstić information content (AvgIpc) is 2.95. The van der Waals surface area contributed by atoms with Crippen LogP contribution in [-0.4, -0.2) is 13.1 Å². The summed E-state index contributed by atoms with van der Waals surface area (Å²) < 4.78 is 12.8. The summed E-state index contributed by atoms with van der Waals surface area (Å²) in [5, 5.41) is 3.45. The van der Waals surface area contributed by atoms with E-state index >= 15 is 0 Å². The molecule has 0 spiro atoms. The van der Waals surface area contributed by atoms with Crippen molar-refractivity contribution in [3.05, 3.63) is 35.6 Å². The van der Waals surface area contributed by atoms with Gasteiger partial charge in [0.15, 0.2) is 0 Å². The summed E-state index contributed by atoms with van der Waals surface area (Å²) in [6.45, 7) is 0. The van der Waals surface area contributed by atoms with Gasteiger partial charge in [0.25, 0.3) is 0 Å². The van der Waals surface area contributed by atoms with Gasteiger partial charge in [-0.15, -0.1) is 0 Å². The summed E-state index contributed by atoms with van der Waals surface area (Å²) in [5.41, 5.74) is 1.24. The van der Waals surface area contributed by atoms with Crippen LogP contribution in [0.3, 0.4) is 0 Å². The molecular formula is C15H20FN. The Labute approximate surface area is 102 Å². The number of nitrogens with one attached hydrogen (secondary N) is 1. The van der Waals surface area contributed by atoms with Crippen molar-refractivity contribution in [2.75, 3.05) is 7.05 Å². The Morgan fingerprint density at radius 1 is 1.18 bits per heavy atom. The van der Waals surface area contributed by atoms with Gasteiger partial charge >= 0.3 is 0 Å². The molecule has 17 heavy (non-hydrogen) atoms. The third kappa shape index (κ3) is 2.37. The minimum Gasteiger partial charge on any atom is -0.316 e. The lowest BCUT2D eigenvalue weighted by molar-refractivity contribution is 0.349. The molecule has 0 aliphatic heterocycles. The van der Waals surface area contributed by atoms with Crippen LogP contribution in [0.5, 0.6) is 0 Å². The minimum absolute atomic E-state index is 0.142. The molecule has 1 N–H and O–H groups in total. The first-order chi connectivity index (χ1) is 8.26. The fourth-order valence-electron chi connectivity index (χ4n) is 3.47. The lowest BCUT2D eigenvalue weighted by atomic mass is 9.90. The molecule has 0 saturated heterocycles. The van der Waals surface area contributed by atoms with Crippen LogP contribution in [0.2, 0.25) is 0 Å². The molecule has 0 heterocycles. The van der Waals surface area contributed by atoms with E-state index in [1.165, 1.54) is 24.8 Å². The molecule has 0 radical (unpaired) electrons. The Morgan fingerprint density at radius 2 is 1.82 bits per heavy atom. The highest BCUT2D eigenvalue weighted by molar-refractivity contribution is 5.18. The van der Waals surface area contributed by atoms with E-state index in [0.717, 1.165) is 24.2 Å². The SMILES string of the molecule is CNC(Cc1ccc(F)cc1)C1CC2CC2C1. The molecular weight excluding hydrogens is 213 g/mol. The lowest BCUT2D eigenvalue weighted by Gasteiger charge is -2.24. The fourth-order valence-corrected chi connectivity index (χ4v) is 3.47. The van der Waals surface area contributed by atoms with Crippen molar-refractivity contribution in [1.82, 2.24) is 5.32 Å². The van der Waals surface area contributed by atoms with E-state index in [0.29, 0.717) is 6.04 Å². The largest absolute Gasteiger partial charge is 0.316 e. The van der Waals surface area contributed by atoms with E-state index in [-0.39, 0.29) is 5.82 Å². The van der Waals surface area contributed by atoms with Gasteiger partial charge in [0, 0.05) is 6.04 Å². The summed E-state index contributed by atoms with van der Waals surface area (Å²) in [6.07, 6.45) is 5.30. The van der Waals surface area contributed by atoms with Crippen LogP contribution in [0, 0.1) is 23.6 Å². The van der Waals surface area contributed by atoms with Crippen molar-refractivity contribution >= 4 is 0 Å². The van der Waals surface area contributed by atoms with Crippen molar-refractivity contribution in [2.24, 2.45) is 17.8 Å². The molecule has 0 aromatic heterocycles. The number of halogens is 1. The molecule has 2 heteroatoms. The van der Waals surface area contributed by atoms with Gasteiger partial charge in [-0.2, -0.15) is 0 Å². The molecule has 2 aliphatic carbocycles. The smallest absolute Gasteiger partial charge is 0.123 e. The van der Waals surface area contributed by atoms with Gasteiger partial charge < -0.3 is 5.32 Å². The van der Waals surface area contributed by atoms with Crippen molar-refractivity contribution in [3.8, 4) is 0 Å². The quantitative estimate of drug-likeness (QED) is 0.843. The van der Waals surface area contributed by atoms with Crippen LogP contribution in [0.4, 0.5) is 4.39 Å². The number of benzene rings is 1. The van der Waals surface area contributed by atoms with Gasteiger partial charge in [-0.3, -0.25) is 0 Å². The van der Waals surface area contributed by atoms with Gasteiger partial charge in [-0.25, -0.2) is 4.39 Å². The van der Waals surface area contributed by atoms with Crippen LogP contribution in [0.25, 0.3) is 0 Å². The third-order valence-corrected chi connectivity index (χ3v) is 4.59. The zero-order chi connectivity index (χ0) is 11.8. The number of fused-ring (bicyclic) bond motifs is 1. The predicted molar refractivity (Wildman–Crippen MR) is 67.3 cm³/mol. The van der Waals surface area contributed by atoms with Crippen LogP contribution in [-0.2, 0) is 6.42 Å². The van der Waals surface area contributed by atoms with Crippen molar-refractivity contribution < 1.29 is 4.39 Å². The molecule has 2 saturated carbocycles. The topological polar surface area (TPSA) is 12.0 Å². The second-order valence-corrected chi connectivity index (χ2v) is 5.71. The van der Waals surface area contributed by atoms with Crippen molar-refractivity contribution in [1.29, 1.82) is 0 Å². The molecule has 1 nitrogen and oxygen atoms in total. The summed E-state index contributed by atoms with van der Waals surface area (Å²) in [6, 6.07) is 7.51. The van der Waals surface area contributed by atoms with Gasteiger partial charge in [0.1, 0.15) is 5.82 Å². The first-order valence-corrected chi connectivity index (χ1v) is 6.68. The Bertz CT molecular complexity index is 376. The standard InChI is InChI=1S/C15H20FN/c1-17-15(13-8-11-7-12(11)9-13)6-10-2-4-14(16)5-3-10/h2-5,11-13,15,17H,6-9H2,1H3. The molecule has 3 rings (SSSR count). The highest BCUT2D eigenvalue weighted by atomic mass is 19.1. The highest BCUT2D eigenvalue weighted by Gasteiger charge is 2.47. The molecule has 0 bridgehead atoms. The normalized spacial score (nSPS) is 32.2. The maximum absolute atomic E-state index is 12.8. The maximum atomic E-state index is 12.8. The summed E-state index contributed by atoms with van der Waals surface area (Å²) in [4.78, 5) is 0. The molecule has 92 valence electrons. The molecule has 3 unspecified atom stereocenters. The lowest BCUT2D eigenvalue weighted by Crippen LogP contribution is -2.35. The molecule has 1 aromatic carbocycles. The second-order valence-electron chi connectivity index (χ2n) is 5.71. The number of hydrogen-bond donors (Lipinski definition) is 1. The van der Waals surface area contributed by atoms with E-state index in [2.05, 4.69) is 12.4 Å². The second kappa shape index (κ2) is 4.41. The van der Waals surface area contributed by atoms with Crippen molar-refractivity contribution in [3.63, 3.8) is 0 Å². The van der Waals surface area contributed by atoms with Gasteiger partial charge in [-0.1, -0.05) is 12.1 Å². The zero-order valence-corrected chi connectivity index (χ0v) is 10.3. The van der Waals surface area contributed by atoms with Gasteiger partial charge in [0.05, 0.1) is 0 Å².